The van der Waals surface area contributed by atoms with Crippen LogP contribution in [0.15, 0.2) is 28.7 Å². The number of ether oxygens (including phenoxy) is 2. The molecule has 0 radical (unpaired) electrons. The number of rotatable bonds is 7. The highest BCUT2D eigenvalue weighted by Gasteiger charge is 2.14. The van der Waals surface area contributed by atoms with Crippen LogP contribution in [-0.2, 0) is 4.74 Å². The third-order valence-electron chi connectivity index (χ3n) is 3.26. The van der Waals surface area contributed by atoms with Gasteiger partial charge in [-0.3, -0.25) is 0 Å². The van der Waals surface area contributed by atoms with E-state index < -0.39 is 6.10 Å². The van der Waals surface area contributed by atoms with Crippen LogP contribution in [0.3, 0.4) is 0 Å². The lowest BCUT2D eigenvalue weighted by atomic mass is 10.1. The Balaban J connectivity index is 1.59. The molecule has 2 atom stereocenters. The van der Waals surface area contributed by atoms with Gasteiger partial charge in [-0.2, -0.15) is 0 Å². The lowest BCUT2D eigenvalue weighted by Gasteiger charge is -2.23. The summed E-state index contributed by atoms with van der Waals surface area (Å²) < 4.78 is 12.1. The van der Waals surface area contributed by atoms with Crippen LogP contribution in [-0.4, -0.2) is 43.6 Å². The Morgan fingerprint density at radius 2 is 2.35 bits per heavy atom. The van der Waals surface area contributed by atoms with Crippen LogP contribution in [0.1, 0.15) is 19.3 Å². The van der Waals surface area contributed by atoms with Crippen LogP contribution in [0, 0.1) is 0 Å². The molecular weight excluding hydrogens is 322 g/mol. The largest absolute Gasteiger partial charge is 0.491 e. The summed E-state index contributed by atoms with van der Waals surface area (Å²) in [5, 5.41) is 13.1. The molecule has 5 heteroatoms. The third kappa shape index (κ3) is 5.79. The molecule has 1 aromatic rings. The van der Waals surface area contributed by atoms with Crippen molar-refractivity contribution in [1.29, 1.82) is 0 Å². The summed E-state index contributed by atoms with van der Waals surface area (Å²) >= 11 is 3.39. The van der Waals surface area contributed by atoms with Crippen molar-refractivity contribution >= 4 is 15.9 Å². The van der Waals surface area contributed by atoms with E-state index in [2.05, 4.69) is 21.2 Å². The summed E-state index contributed by atoms with van der Waals surface area (Å²) in [5.41, 5.74) is 0. The first-order valence-electron chi connectivity index (χ1n) is 7.13. The van der Waals surface area contributed by atoms with E-state index in [4.69, 9.17) is 9.47 Å². The second-order valence-electron chi connectivity index (χ2n) is 5.07. The van der Waals surface area contributed by atoms with Crippen LogP contribution in [0.2, 0.25) is 0 Å². The van der Waals surface area contributed by atoms with Gasteiger partial charge in [-0.15, -0.1) is 0 Å². The van der Waals surface area contributed by atoms with E-state index >= 15 is 0 Å². The molecule has 4 nitrogen and oxygen atoms in total. The molecule has 112 valence electrons. The second kappa shape index (κ2) is 8.62. The predicted molar refractivity (Wildman–Crippen MR) is 82.1 cm³/mol. The van der Waals surface area contributed by atoms with Crippen LogP contribution in [0.25, 0.3) is 0 Å². The molecule has 0 aromatic heterocycles. The minimum absolute atomic E-state index is 0.287. The van der Waals surface area contributed by atoms with Gasteiger partial charge in [0.15, 0.2) is 0 Å². The molecule has 1 heterocycles. The Kier molecular flexibility index (Phi) is 6.79. The van der Waals surface area contributed by atoms with Gasteiger partial charge >= 0.3 is 0 Å². The van der Waals surface area contributed by atoms with Crippen molar-refractivity contribution in [2.45, 2.75) is 31.5 Å². The number of nitrogens with one attached hydrogen (secondary N) is 1. The molecule has 1 aliphatic rings. The molecule has 1 aliphatic heterocycles. The van der Waals surface area contributed by atoms with Crippen LogP contribution >= 0.6 is 15.9 Å². The fourth-order valence-electron chi connectivity index (χ4n) is 2.19. The number of aliphatic hydroxyl groups excluding tert-OH is 1. The summed E-state index contributed by atoms with van der Waals surface area (Å²) in [6.07, 6.45) is 3.29. The topological polar surface area (TPSA) is 50.7 Å². The summed E-state index contributed by atoms with van der Waals surface area (Å²) in [7, 11) is 0. The third-order valence-corrected chi connectivity index (χ3v) is 3.76. The zero-order valence-electron chi connectivity index (χ0n) is 11.6. The van der Waals surface area contributed by atoms with Crippen LogP contribution < -0.4 is 10.1 Å². The molecule has 1 fully saturated rings. The molecule has 0 bridgehead atoms. The maximum Gasteiger partial charge on any atom is 0.120 e. The van der Waals surface area contributed by atoms with E-state index in [9.17, 15) is 5.11 Å². The summed E-state index contributed by atoms with van der Waals surface area (Å²) in [6.45, 7) is 2.47. The fourth-order valence-corrected chi connectivity index (χ4v) is 2.57. The minimum Gasteiger partial charge on any atom is -0.491 e. The zero-order valence-corrected chi connectivity index (χ0v) is 13.1. The average molecular weight is 344 g/mol. The molecule has 0 spiro atoms. The minimum atomic E-state index is -0.516. The van der Waals surface area contributed by atoms with Crippen molar-refractivity contribution in [1.82, 2.24) is 5.32 Å². The molecule has 1 aromatic carbocycles. The predicted octanol–water partition coefficient (Wildman–Crippen LogP) is 2.35. The lowest BCUT2D eigenvalue weighted by molar-refractivity contribution is 0.0141. The van der Waals surface area contributed by atoms with E-state index in [1.165, 1.54) is 12.8 Å². The Hall–Kier alpha value is -0.620. The number of halogens is 1. The first kappa shape index (κ1) is 15.8. The maximum absolute atomic E-state index is 9.87. The van der Waals surface area contributed by atoms with Gasteiger partial charge in [0.25, 0.3) is 0 Å². The van der Waals surface area contributed by atoms with Gasteiger partial charge < -0.3 is 19.9 Å². The van der Waals surface area contributed by atoms with Gasteiger partial charge in [0.2, 0.25) is 0 Å². The molecule has 0 aliphatic carbocycles. The Labute approximate surface area is 128 Å². The van der Waals surface area contributed by atoms with Gasteiger partial charge in [-0.1, -0.05) is 22.0 Å². The normalized spacial score (nSPS) is 20.6. The smallest absolute Gasteiger partial charge is 0.120 e. The van der Waals surface area contributed by atoms with Gasteiger partial charge in [0, 0.05) is 24.2 Å². The van der Waals surface area contributed by atoms with Crippen molar-refractivity contribution in [2.75, 3.05) is 26.3 Å². The number of benzene rings is 1. The summed E-state index contributed by atoms with van der Waals surface area (Å²) in [5.74, 6) is 0.758. The van der Waals surface area contributed by atoms with Crippen molar-refractivity contribution in [3.05, 3.63) is 28.7 Å². The van der Waals surface area contributed by atoms with E-state index in [1.807, 2.05) is 24.3 Å². The monoisotopic (exact) mass is 343 g/mol. The average Bonchev–Trinajstić information content (AvgIpc) is 2.46. The van der Waals surface area contributed by atoms with Crippen LogP contribution in [0.5, 0.6) is 5.75 Å². The van der Waals surface area contributed by atoms with E-state index in [0.717, 1.165) is 29.8 Å². The van der Waals surface area contributed by atoms with Crippen molar-refractivity contribution in [2.24, 2.45) is 0 Å². The fraction of sp³-hybridized carbons (Fsp3) is 0.600. The number of aliphatic hydroxyl groups is 1. The lowest BCUT2D eigenvalue weighted by Crippen LogP contribution is -2.37. The second-order valence-corrected chi connectivity index (χ2v) is 5.98. The number of hydrogen-bond donors (Lipinski definition) is 2. The molecule has 2 rings (SSSR count). The highest BCUT2D eigenvalue weighted by Crippen LogP contribution is 2.17. The van der Waals surface area contributed by atoms with E-state index in [0.29, 0.717) is 12.6 Å². The molecule has 1 saturated heterocycles. The Morgan fingerprint density at radius 1 is 1.45 bits per heavy atom. The zero-order chi connectivity index (χ0) is 14.2. The molecular formula is C15H22BrNO3. The van der Waals surface area contributed by atoms with Gasteiger partial charge in [-0.05, 0) is 37.5 Å². The summed E-state index contributed by atoms with van der Waals surface area (Å²) in [6, 6.07) is 7.61. The van der Waals surface area contributed by atoms with Crippen molar-refractivity contribution in [3.8, 4) is 5.75 Å². The first-order chi connectivity index (χ1) is 9.74. The van der Waals surface area contributed by atoms with Gasteiger partial charge in [0.1, 0.15) is 18.5 Å². The van der Waals surface area contributed by atoms with Crippen molar-refractivity contribution in [3.63, 3.8) is 0 Å². The van der Waals surface area contributed by atoms with Gasteiger partial charge in [0.05, 0.1) is 6.10 Å². The van der Waals surface area contributed by atoms with Crippen LogP contribution in [0.4, 0.5) is 0 Å². The standard InChI is InChI=1S/C15H22BrNO3/c16-12-4-3-6-14(8-12)20-11-13(18)9-17-10-15-5-1-2-7-19-15/h3-4,6,8,13,15,17-18H,1-2,5,7,9-11H2. The van der Waals surface area contributed by atoms with Crippen molar-refractivity contribution < 1.29 is 14.6 Å². The Morgan fingerprint density at radius 3 is 3.10 bits per heavy atom. The molecule has 0 saturated carbocycles. The molecule has 2 N–H and O–H groups in total. The molecule has 20 heavy (non-hydrogen) atoms. The van der Waals surface area contributed by atoms with E-state index in [1.54, 1.807) is 0 Å². The SMILES string of the molecule is OC(CNCC1CCCCO1)COc1cccc(Br)c1. The first-order valence-corrected chi connectivity index (χ1v) is 7.92. The molecule has 2 unspecified atom stereocenters. The maximum atomic E-state index is 9.87. The summed E-state index contributed by atoms with van der Waals surface area (Å²) in [4.78, 5) is 0. The highest BCUT2D eigenvalue weighted by molar-refractivity contribution is 9.10. The van der Waals surface area contributed by atoms with E-state index in [-0.39, 0.29) is 6.61 Å². The Bertz CT molecular complexity index is 396. The van der Waals surface area contributed by atoms with Gasteiger partial charge in [-0.25, -0.2) is 0 Å². The number of hydrogen-bond acceptors (Lipinski definition) is 4. The highest BCUT2D eigenvalue weighted by atomic mass is 79.9. The quantitative estimate of drug-likeness (QED) is 0.797. The molecule has 0 amide bonds.